The van der Waals surface area contributed by atoms with Gasteiger partial charge in [0.15, 0.2) is 11.0 Å². The monoisotopic (exact) mass is 622 g/mol. The largest absolute Gasteiger partial charge is 0.573 e. The Hall–Kier alpha value is -4.65. The van der Waals surface area contributed by atoms with Gasteiger partial charge in [0.05, 0.1) is 23.2 Å². The van der Waals surface area contributed by atoms with Gasteiger partial charge in [-0.15, -0.1) is 18.3 Å². The van der Waals surface area contributed by atoms with Gasteiger partial charge < -0.3 is 10.1 Å². The zero-order chi connectivity index (χ0) is 31.6. The average Bonchev–Trinajstić information content (AvgIpc) is 3.59. The number of amidine groups is 1. The summed E-state index contributed by atoms with van der Waals surface area (Å²) in [5, 5.41) is 7.72. The number of aryl methyl sites for hydroxylation is 3. The summed E-state index contributed by atoms with van der Waals surface area (Å²) in [7, 11) is 0. The zero-order valence-electron chi connectivity index (χ0n) is 24.3. The van der Waals surface area contributed by atoms with Crippen molar-refractivity contribution in [1.29, 1.82) is 0 Å². The number of urea groups is 1. The lowest BCUT2D eigenvalue weighted by atomic mass is 10.0. The van der Waals surface area contributed by atoms with Crippen molar-refractivity contribution in [2.45, 2.75) is 46.5 Å². The van der Waals surface area contributed by atoms with E-state index in [0.717, 1.165) is 27.9 Å². The molecule has 0 radical (unpaired) electrons. The predicted molar refractivity (Wildman–Crippen MR) is 163 cm³/mol. The number of hydrogen-bond donors (Lipinski definition) is 1. The second kappa shape index (κ2) is 12.5. The van der Waals surface area contributed by atoms with Crippen molar-refractivity contribution in [2.24, 2.45) is 4.99 Å². The van der Waals surface area contributed by atoms with Gasteiger partial charge in [-0.05, 0) is 68.1 Å². The molecule has 4 aromatic rings. The molecule has 2 heterocycles. The summed E-state index contributed by atoms with van der Waals surface area (Å²) in [6.45, 7) is 7.82. The van der Waals surface area contributed by atoms with Crippen molar-refractivity contribution < 1.29 is 27.5 Å². The number of aliphatic imine (C=N–C) groups is 1. The molecular formula is C31H29F3N6O3S. The summed E-state index contributed by atoms with van der Waals surface area (Å²) in [5.41, 5.74) is 5.79. The lowest BCUT2D eigenvalue weighted by Crippen LogP contribution is -2.33. The lowest BCUT2D eigenvalue weighted by Gasteiger charge is -2.22. The molecule has 1 N–H and O–H groups in total. The highest BCUT2D eigenvalue weighted by molar-refractivity contribution is 8.15. The number of carbonyl (C=O) groups excluding carboxylic acids is 2. The SMILES string of the molecule is CCC(NC(=O)/N=C1\SCC(=O)N1c1c(C)cc(C)cc1C)c1ccc(-c2ncn(-c3ccc(OC(F)(F)F)cc3)n2)cc1. The fourth-order valence-electron chi connectivity index (χ4n) is 5.06. The normalized spacial score (nSPS) is 15.1. The number of alkyl halides is 3. The number of halogens is 3. The van der Waals surface area contributed by atoms with Crippen LogP contribution in [0.15, 0.2) is 72.0 Å². The minimum Gasteiger partial charge on any atom is -0.406 e. The van der Waals surface area contributed by atoms with E-state index in [2.05, 4.69) is 25.1 Å². The summed E-state index contributed by atoms with van der Waals surface area (Å²) in [6, 6.07) is 15.8. The molecule has 9 nitrogen and oxygen atoms in total. The molecule has 13 heteroatoms. The van der Waals surface area contributed by atoms with Gasteiger partial charge in [-0.1, -0.05) is 60.6 Å². The Morgan fingerprint density at radius 2 is 1.73 bits per heavy atom. The first kappa shape index (κ1) is 30.8. The molecule has 228 valence electrons. The Labute approximate surface area is 256 Å². The van der Waals surface area contributed by atoms with Gasteiger partial charge in [0.1, 0.15) is 12.1 Å². The Morgan fingerprint density at radius 1 is 1.07 bits per heavy atom. The average molecular weight is 623 g/mol. The van der Waals surface area contributed by atoms with Gasteiger partial charge in [-0.3, -0.25) is 9.69 Å². The maximum Gasteiger partial charge on any atom is 0.573 e. The van der Waals surface area contributed by atoms with Crippen LogP contribution in [0.1, 0.15) is 41.6 Å². The molecule has 1 aliphatic rings. The van der Waals surface area contributed by atoms with Crippen LogP contribution < -0.4 is 15.0 Å². The van der Waals surface area contributed by atoms with Crippen LogP contribution in [0.25, 0.3) is 17.1 Å². The van der Waals surface area contributed by atoms with Crippen LogP contribution in [0.4, 0.5) is 23.7 Å². The minimum atomic E-state index is -4.77. The quantitative estimate of drug-likeness (QED) is 0.237. The molecule has 0 bridgehead atoms. The lowest BCUT2D eigenvalue weighted by molar-refractivity contribution is -0.274. The first-order chi connectivity index (χ1) is 20.9. The van der Waals surface area contributed by atoms with Crippen molar-refractivity contribution in [3.8, 4) is 22.8 Å². The maximum atomic E-state index is 13.0. The highest BCUT2D eigenvalue weighted by Crippen LogP contribution is 2.33. The number of nitrogens with zero attached hydrogens (tertiary/aromatic N) is 5. The van der Waals surface area contributed by atoms with Crippen molar-refractivity contribution in [3.63, 3.8) is 0 Å². The van der Waals surface area contributed by atoms with E-state index < -0.39 is 12.4 Å². The molecule has 44 heavy (non-hydrogen) atoms. The van der Waals surface area contributed by atoms with E-state index in [-0.39, 0.29) is 23.5 Å². The molecule has 1 unspecified atom stereocenters. The molecule has 3 amide bonds. The highest BCUT2D eigenvalue weighted by Gasteiger charge is 2.33. The van der Waals surface area contributed by atoms with Gasteiger partial charge in [-0.2, -0.15) is 4.99 Å². The summed E-state index contributed by atoms with van der Waals surface area (Å²) in [4.78, 5) is 35.9. The van der Waals surface area contributed by atoms with Gasteiger partial charge in [-0.25, -0.2) is 14.5 Å². The highest BCUT2D eigenvalue weighted by atomic mass is 32.2. The van der Waals surface area contributed by atoms with Gasteiger partial charge >= 0.3 is 12.4 Å². The molecule has 1 aliphatic heterocycles. The number of nitrogens with one attached hydrogen (secondary N) is 1. The maximum absolute atomic E-state index is 13.0. The van der Waals surface area contributed by atoms with E-state index in [0.29, 0.717) is 28.7 Å². The van der Waals surface area contributed by atoms with Crippen molar-refractivity contribution >= 4 is 34.6 Å². The summed E-state index contributed by atoms with van der Waals surface area (Å²) >= 11 is 1.23. The third kappa shape index (κ3) is 6.94. The number of thioether (sulfide) groups is 1. The van der Waals surface area contributed by atoms with E-state index in [1.54, 1.807) is 0 Å². The summed E-state index contributed by atoms with van der Waals surface area (Å²) in [6.07, 6.45) is -2.70. The van der Waals surface area contributed by atoms with Crippen LogP contribution in [0.5, 0.6) is 5.75 Å². The molecule has 1 fully saturated rings. The van der Waals surface area contributed by atoms with E-state index in [9.17, 15) is 22.8 Å². The Balaban J connectivity index is 1.27. The zero-order valence-corrected chi connectivity index (χ0v) is 25.2. The van der Waals surface area contributed by atoms with Crippen LogP contribution >= 0.6 is 11.8 Å². The standard InChI is InChI=1S/C31H29F3N6O3S/c1-5-25(36-29(42)37-30-40(26(41)16-44-30)27-19(3)14-18(2)15-20(27)4)21-6-8-22(9-7-21)28-35-17-39(38-28)23-10-12-24(13-11-23)43-31(32,33)34/h6-15,17,25H,5,16H2,1-4H3,(H,36,42)/b37-30-. The molecule has 5 rings (SSSR count). The number of anilines is 1. The van der Waals surface area contributed by atoms with Gasteiger partial charge in [0, 0.05) is 5.56 Å². The molecule has 1 saturated heterocycles. The van der Waals surface area contributed by atoms with Crippen LogP contribution in [0, 0.1) is 20.8 Å². The van der Waals surface area contributed by atoms with E-state index in [4.69, 9.17) is 0 Å². The molecule has 0 saturated carbocycles. The number of rotatable bonds is 7. The second-order valence-electron chi connectivity index (χ2n) is 10.2. The van der Waals surface area contributed by atoms with Gasteiger partial charge in [0.2, 0.25) is 5.91 Å². The second-order valence-corrected chi connectivity index (χ2v) is 11.2. The number of carbonyl (C=O) groups is 2. The summed E-state index contributed by atoms with van der Waals surface area (Å²) in [5.74, 6) is 0.174. The molecular weight excluding hydrogens is 593 g/mol. The van der Waals surface area contributed by atoms with Crippen LogP contribution in [-0.2, 0) is 4.79 Å². The van der Waals surface area contributed by atoms with Gasteiger partial charge in [0.25, 0.3) is 0 Å². The van der Waals surface area contributed by atoms with E-state index in [1.165, 1.54) is 51.9 Å². The first-order valence-electron chi connectivity index (χ1n) is 13.7. The molecule has 1 aromatic heterocycles. The van der Waals surface area contributed by atoms with Crippen molar-refractivity contribution in [1.82, 2.24) is 20.1 Å². The minimum absolute atomic E-state index is 0.122. The molecule has 3 aromatic carbocycles. The first-order valence-corrected chi connectivity index (χ1v) is 14.7. The smallest absolute Gasteiger partial charge is 0.406 e. The van der Waals surface area contributed by atoms with E-state index in [1.807, 2.05) is 64.1 Å². The molecule has 1 atom stereocenters. The van der Waals surface area contributed by atoms with Crippen LogP contribution in [0.2, 0.25) is 0 Å². The fraction of sp³-hybridized carbons (Fsp3) is 0.258. The fourth-order valence-corrected chi connectivity index (χ4v) is 5.92. The number of benzene rings is 3. The Morgan fingerprint density at radius 3 is 2.34 bits per heavy atom. The van der Waals surface area contributed by atoms with Crippen molar-refractivity contribution in [3.05, 3.63) is 89.2 Å². The molecule has 0 spiro atoms. The summed E-state index contributed by atoms with van der Waals surface area (Å²) < 4.78 is 42.6. The topological polar surface area (TPSA) is 102 Å². The van der Waals surface area contributed by atoms with Crippen LogP contribution in [0.3, 0.4) is 0 Å². The predicted octanol–water partition coefficient (Wildman–Crippen LogP) is 7.05. The third-order valence-electron chi connectivity index (χ3n) is 6.93. The Bertz CT molecular complexity index is 1700. The molecule has 0 aliphatic carbocycles. The van der Waals surface area contributed by atoms with Crippen LogP contribution in [-0.4, -0.2) is 44.0 Å². The number of aromatic nitrogens is 3. The number of hydrogen-bond acceptors (Lipinski definition) is 6. The van der Waals surface area contributed by atoms with Crippen molar-refractivity contribution in [2.75, 3.05) is 10.7 Å². The number of ether oxygens (including phenoxy) is 1. The number of amides is 3. The Kier molecular flexibility index (Phi) is 8.77. The van der Waals surface area contributed by atoms with E-state index >= 15 is 0 Å². The third-order valence-corrected chi connectivity index (χ3v) is 7.85.